The van der Waals surface area contributed by atoms with Crippen LogP contribution in [0.25, 0.3) is 12.2 Å². The number of aliphatic carboxylic acids is 1. The van der Waals surface area contributed by atoms with Gasteiger partial charge < -0.3 is 34.2 Å². The van der Waals surface area contributed by atoms with Crippen molar-refractivity contribution < 1.29 is 56.6 Å². The van der Waals surface area contributed by atoms with Gasteiger partial charge in [-0.3, -0.25) is 9.59 Å². The summed E-state index contributed by atoms with van der Waals surface area (Å²) in [5.41, 5.74) is 3.23. The maximum Gasteiger partial charge on any atom is 0.430 e. The summed E-state index contributed by atoms with van der Waals surface area (Å²) in [5, 5.41) is 11.9. The molecule has 1 aromatic heterocycles. The summed E-state index contributed by atoms with van der Waals surface area (Å²) in [7, 11) is 3.18. The van der Waals surface area contributed by atoms with Crippen LogP contribution < -0.4 is 34.4 Å². The number of hydrogen-bond acceptors (Lipinski definition) is 8. The van der Waals surface area contributed by atoms with Gasteiger partial charge in [0.25, 0.3) is 5.69 Å². The number of H-pyrrole nitrogens is 1. The second-order valence-electron chi connectivity index (χ2n) is 9.99. The highest BCUT2D eigenvalue weighted by Gasteiger charge is 2.30. The molecule has 2 N–H and O–H groups in total. The molecule has 0 spiro atoms. The Kier molecular flexibility index (Phi) is 12.9. The van der Waals surface area contributed by atoms with Gasteiger partial charge in [-0.15, -0.1) is 0 Å². The fraction of sp³-hybridized carbons (Fsp3) is 0.294. The standard InChI is InChI=1S/C32H34N2O6.C2HF3O2/c1-5-39-29-17-21(10-12-27(29)37-3)15-23-19-25(34-32(36)26-9-7-8-14-33-26)20-24(31(23)35)16-22-11-13-28(38-4)30(18-22)40-6-2;3-2(4,5)1(6)7/h7-18,25H,5-6,19-20H2,1-4H3,(H,34,36);(H,6,7)/b23-15+,24-16+;. The Morgan fingerprint density at radius 2 is 1.36 bits per heavy atom. The van der Waals surface area contributed by atoms with Crippen LogP contribution in [0.2, 0.25) is 0 Å². The summed E-state index contributed by atoms with van der Waals surface area (Å²) >= 11 is 0. The molecule has 0 aliphatic heterocycles. The second-order valence-corrected chi connectivity index (χ2v) is 9.99. The maximum absolute atomic E-state index is 13.7. The molecule has 1 heterocycles. The van der Waals surface area contributed by atoms with Gasteiger partial charge >= 0.3 is 12.1 Å². The van der Waals surface area contributed by atoms with Gasteiger partial charge in [0.15, 0.2) is 35.0 Å². The molecule has 0 atom stereocenters. The molecule has 0 unspecified atom stereocenters. The largest absolute Gasteiger partial charge is 0.542 e. The first-order valence-corrected chi connectivity index (χ1v) is 14.5. The highest BCUT2D eigenvalue weighted by molar-refractivity contribution is 6.14. The van der Waals surface area contributed by atoms with E-state index >= 15 is 0 Å². The van der Waals surface area contributed by atoms with E-state index in [4.69, 9.17) is 28.8 Å². The summed E-state index contributed by atoms with van der Waals surface area (Å²) in [6.07, 6.45) is 0.986. The zero-order valence-corrected chi connectivity index (χ0v) is 26.2. The molecule has 1 fully saturated rings. The van der Waals surface area contributed by atoms with Gasteiger partial charge in [-0.2, -0.15) is 13.2 Å². The number of aromatic nitrogens is 1. The third-order valence-corrected chi connectivity index (χ3v) is 6.69. The van der Waals surface area contributed by atoms with Crippen LogP contribution in [0.3, 0.4) is 0 Å². The average Bonchev–Trinajstić information content (AvgIpc) is 3.04. The molecule has 10 nitrogen and oxygen atoms in total. The number of alkyl halides is 3. The van der Waals surface area contributed by atoms with Gasteiger partial charge in [-0.25, -0.2) is 4.98 Å². The number of amides is 1. The number of aromatic amines is 1. The Labute approximate surface area is 269 Å². The number of ether oxygens (including phenoxy) is 4. The molecule has 0 radical (unpaired) electrons. The quantitative estimate of drug-likeness (QED) is 0.320. The third-order valence-electron chi connectivity index (χ3n) is 6.69. The smallest absolute Gasteiger partial charge is 0.430 e. The lowest BCUT2D eigenvalue weighted by Gasteiger charge is -2.26. The number of rotatable bonds is 10. The Balaban J connectivity index is 0.000000771. The number of ketones is 1. The molecule has 1 saturated carbocycles. The summed E-state index contributed by atoms with van der Waals surface area (Å²) in [4.78, 5) is 38.5. The minimum Gasteiger partial charge on any atom is -0.542 e. The van der Waals surface area contributed by atoms with Crippen LogP contribution in [0.5, 0.6) is 23.0 Å². The molecule has 13 heteroatoms. The van der Waals surface area contributed by atoms with E-state index in [-0.39, 0.29) is 17.7 Å². The van der Waals surface area contributed by atoms with Crippen molar-refractivity contribution >= 4 is 29.8 Å². The lowest BCUT2D eigenvalue weighted by molar-refractivity contribution is -0.382. The summed E-state index contributed by atoms with van der Waals surface area (Å²) in [5.74, 6) is -0.868. The monoisotopic (exact) mass is 656 g/mol. The normalized spacial score (nSPS) is 16.1. The zero-order chi connectivity index (χ0) is 34.6. The Morgan fingerprint density at radius 1 is 0.872 bits per heavy atom. The number of carboxylic acid groups (broad SMARTS) is 1. The van der Waals surface area contributed by atoms with Crippen molar-refractivity contribution in [1.82, 2.24) is 5.32 Å². The van der Waals surface area contributed by atoms with Crippen molar-refractivity contribution in [3.05, 3.63) is 88.8 Å². The molecule has 3 aromatic rings. The highest BCUT2D eigenvalue weighted by Crippen LogP contribution is 2.34. The summed E-state index contributed by atoms with van der Waals surface area (Å²) < 4.78 is 53.8. The molecular weight excluding hydrogens is 621 g/mol. The SMILES string of the molecule is CCOc1cc(/C=C2\CC(NC(=O)c3cccc[nH+]3)C/C(=C\c3ccc(OC)c(OCC)c3)C2=O)ccc1OC.O=C([O-])C(F)(F)F. The van der Waals surface area contributed by atoms with Crippen LogP contribution in [0.4, 0.5) is 13.2 Å². The van der Waals surface area contributed by atoms with Crippen molar-refractivity contribution in [1.29, 1.82) is 0 Å². The fourth-order valence-electron chi connectivity index (χ4n) is 4.65. The van der Waals surface area contributed by atoms with Crippen LogP contribution in [0.15, 0.2) is 71.9 Å². The van der Waals surface area contributed by atoms with Crippen LogP contribution in [-0.2, 0) is 9.59 Å². The topological polar surface area (TPSA) is 137 Å². The molecule has 250 valence electrons. The van der Waals surface area contributed by atoms with E-state index in [9.17, 15) is 22.8 Å². The van der Waals surface area contributed by atoms with Crippen molar-refractivity contribution in [3.63, 3.8) is 0 Å². The van der Waals surface area contributed by atoms with Crippen LogP contribution >= 0.6 is 0 Å². The number of halogens is 3. The Morgan fingerprint density at radius 3 is 1.74 bits per heavy atom. The van der Waals surface area contributed by atoms with E-state index in [0.717, 1.165) is 11.1 Å². The van der Waals surface area contributed by atoms with Gasteiger partial charge in [0.2, 0.25) is 0 Å². The van der Waals surface area contributed by atoms with Crippen LogP contribution in [-0.4, -0.2) is 57.3 Å². The number of nitrogens with one attached hydrogen (secondary N) is 2. The summed E-state index contributed by atoms with van der Waals surface area (Å²) in [6, 6.07) is 16.1. The van der Waals surface area contributed by atoms with E-state index in [1.807, 2.05) is 68.5 Å². The predicted molar refractivity (Wildman–Crippen MR) is 164 cm³/mol. The molecule has 2 aromatic carbocycles. The molecule has 1 aliphatic carbocycles. The first-order chi connectivity index (χ1) is 22.4. The first-order valence-electron chi connectivity index (χ1n) is 14.5. The number of carboxylic acids is 1. The van der Waals surface area contributed by atoms with Crippen LogP contribution in [0, 0.1) is 0 Å². The number of benzene rings is 2. The van der Waals surface area contributed by atoms with E-state index in [0.29, 0.717) is 65.9 Å². The number of carbonyl (C=O) groups is 3. The van der Waals surface area contributed by atoms with Crippen molar-refractivity contribution in [3.8, 4) is 23.0 Å². The van der Waals surface area contributed by atoms with Crippen LogP contribution in [0.1, 0.15) is 48.3 Å². The van der Waals surface area contributed by atoms with Crippen molar-refractivity contribution in [2.24, 2.45) is 0 Å². The number of hydrogen-bond donors (Lipinski definition) is 1. The van der Waals surface area contributed by atoms with E-state index in [2.05, 4.69) is 10.3 Å². The summed E-state index contributed by atoms with van der Waals surface area (Å²) in [6.45, 7) is 4.77. The minimum absolute atomic E-state index is 0.0701. The van der Waals surface area contributed by atoms with Gasteiger partial charge in [0.05, 0.1) is 27.4 Å². The fourth-order valence-corrected chi connectivity index (χ4v) is 4.65. The third kappa shape index (κ3) is 10.3. The lowest BCUT2D eigenvalue weighted by Crippen LogP contribution is -2.41. The Bertz CT molecular complexity index is 1540. The molecule has 47 heavy (non-hydrogen) atoms. The van der Waals surface area contributed by atoms with E-state index in [1.54, 1.807) is 32.5 Å². The number of Topliss-reactive ketones (excluding diaryl/α,β-unsaturated/α-hetero) is 1. The Hall–Kier alpha value is -5.33. The molecule has 4 rings (SSSR count). The van der Waals surface area contributed by atoms with Crippen molar-refractivity contribution in [2.45, 2.75) is 38.9 Å². The average molecular weight is 657 g/mol. The van der Waals surface area contributed by atoms with E-state index < -0.39 is 12.1 Å². The highest BCUT2D eigenvalue weighted by atomic mass is 19.4. The van der Waals surface area contributed by atoms with E-state index in [1.165, 1.54) is 0 Å². The van der Waals surface area contributed by atoms with Crippen molar-refractivity contribution in [2.75, 3.05) is 27.4 Å². The van der Waals surface area contributed by atoms with Gasteiger partial charge in [-0.1, -0.05) is 12.1 Å². The number of carbonyl (C=O) groups excluding carboxylic acids is 3. The van der Waals surface area contributed by atoms with Gasteiger partial charge in [-0.05, 0) is 80.3 Å². The second kappa shape index (κ2) is 16.8. The zero-order valence-electron chi connectivity index (χ0n) is 26.2. The lowest BCUT2D eigenvalue weighted by atomic mass is 9.83. The number of methoxy groups -OCH3 is 2. The first kappa shape index (κ1) is 36.1. The molecule has 1 aliphatic rings. The molecular formula is C34H35F3N2O8. The molecule has 1 amide bonds. The molecule has 0 saturated heterocycles. The number of pyridine rings is 1. The minimum atomic E-state index is -5.19. The maximum atomic E-state index is 13.7. The predicted octanol–water partition coefficient (Wildman–Crippen LogP) is 4.24. The van der Waals surface area contributed by atoms with Gasteiger partial charge in [0, 0.05) is 29.3 Å². The molecule has 0 bridgehead atoms. The van der Waals surface area contributed by atoms with Gasteiger partial charge in [0.1, 0.15) is 5.97 Å².